The van der Waals surface area contributed by atoms with Gasteiger partial charge in [0.1, 0.15) is 0 Å². The molecule has 0 aliphatic rings. The van der Waals surface area contributed by atoms with E-state index in [-0.39, 0.29) is 12.0 Å². The number of ether oxygens (including phenoxy) is 1. The van der Waals surface area contributed by atoms with E-state index in [4.69, 9.17) is 0 Å². The third-order valence-corrected chi connectivity index (χ3v) is 5.35. The number of benzene rings is 1. The molecular weight excluding hydrogens is 362 g/mol. The first-order chi connectivity index (χ1) is 13.0. The van der Waals surface area contributed by atoms with Crippen LogP contribution in [0.15, 0.2) is 30.5 Å². The number of nitrogens with zero attached hydrogens (tertiary/aromatic N) is 2. The highest BCUT2D eigenvalue weighted by Crippen LogP contribution is 2.30. The number of hydrogen-bond donors (Lipinski definition) is 1. The number of urea groups is 1. The number of thiazole rings is 1. The van der Waals surface area contributed by atoms with Gasteiger partial charge in [0.2, 0.25) is 0 Å². The van der Waals surface area contributed by atoms with E-state index >= 15 is 0 Å². The Bertz CT molecular complexity index is 743. The summed E-state index contributed by atoms with van der Waals surface area (Å²) in [6, 6.07) is 7.89. The molecule has 0 aliphatic carbocycles. The quantitative estimate of drug-likeness (QED) is 0.514. The number of anilines is 1. The number of carbonyl (C=O) groups excluding carboxylic acids is 2. The van der Waals surface area contributed by atoms with Gasteiger partial charge in [0.25, 0.3) is 0 Å². The number of unbranched alkanes of at least 4 members (excludes halogenated alkanes) is 2. The molecule has 1 aromatic carbocycles. The molecule has 7 heteroatoms. The molecule has 1 N–H and O–H groups in total. The fraction of sp³-hybridized carbons (Fsp3) is 0.450. The number of methoxy groups -OCH3 is 1. The van der Waals surface area contributed by atoms with Crippen LogP contribution in [-0.4, -0.2) is 37.7 Å². The van der Waals surface area contributed by atoms with Gasteiger partial charge in [0.05, 0.1) is 12.0 Å². The summed E-state index contributed by atoms with van der Waals surface area (Å²) in [7, 11) is 3.13. The van der Waals surface area contributed by atoms with Crippen molar-refractivity contribution in [2.45, 2.75) is 39.0 Å². The van der Waals surface area contributed by atoms with Gasteiger partial charge >= 0.3 is 12.0 Å². The van der Waals surface area contributed by atoms with Crippen LogP contribution in [0.3, 0.4) is 0 Å². The standard InChI is InChI=1S/C20H27N3O3S/c1-4-5-6-13-21-19(25)23(2)20-22-14-17(27-20)16-10-7-15(8-11-16)9-12-18(24)26-3/h7-8,10-11,14H,4-6,9,12-13H2,1-3H3,(H,21,25). The topological polar surface area (TPSA) is 71.5 Å². The number of amides is 2. The van der Waals surface area contributed by atoms with E-state index in [1.807, 2.05) is 24.3 Å². The minimum atomic E-state index is -0.206. The van der Waals surface area contributed by atoms with Gasteiger partial charge in [-0.3, -0.25) is 9.69 Å². The Hall–Kier alpha value is -2.41. The van der Waals surface area contributed by atoms with Gasteiger partial charge in [0, 0.05) is 26.2 Å². The van der Waals surface area contributed by atoms with Crippen molar-refractivity contribution in [3.05, 3.63) is 36.0 Å². The minimum Gasteiger partial charge on any atom is -0.469 e. The van der Waals surface area contributed by atoms with Crippen LogP contribution < -0.4 is 10.2 Å². The van der Waals surface area contributed by atoms with E-state index in [0.29, 0.717) is 24.5 Å². The molecule has 0 fully saturated rings. The molecular formula is C20H27N3O3S. The molecule has 0 bridgehead atoms. The molecule has 0 aliphatic heterocycles. The molecule has 2 rings (SSSR count). The summed E-state index contributed by atoms with van der Waals surface area (Å²) in [5, 5.41) is 3.58. The molecule has 1 heterocycles. The zero-order valence-electron chi connectivity index (χ0n) is 16.2. The van der Waals surface area contributed by atoms with Gasteiger partial charge in [0.15, 0.2) is 5.13 Å². The summed E-state index contributed by atoms with van der Waals surface area (Å²) in [5.41, 5.74) is 2.12. The predicted molar refractivity (Wildman–Crippen MR) is 109 cm³/mol. The average molecular weight is 390 g/mol. The van der Waals surface area contributed by atoms with Crippen molar-refractivity contribution in [3.63, 3.8) is 0 Å². The first-order valence-corrected chi connectivity index (χ1v) is 10.00. The summed E-state index contributed by atoms with van der Waals surface area (Å²) < 4.78 is 4.66. The van der Waals surface area contributed by atoms with Gasteiger partial charge in [-0.1, -0.05) is 55.4 Å². The van der Waals surface area contributed by atoms with Gasteiger partial charge in [-0.25, -0.2) is 9.78 Å². The maximum absolute atomic E-state index is 12.2. The molecule has 2 amide bonds. The number of nitrogens with one attached hydrogen (secondary N) is 1. The van der Waals surface area contributed by atoms with Crippen LogP contribution in [0.25, 0.3) is 10.4 Å². The third kappa shape index (κ3) is 6.36. The molecule has 0 saturated carbocycles. The first kappa shape index (κ1) is 20.9. The maximum atomic E-state index is 12.2. The van der Waals surface area contributed by atoms with Crippen LogP contribution in [0.5, 0.6) is 0 Å². The number of aromatic nitrogens is 1. The van der Waals surface area contributed by atoms with Crippen molar-refractivity contribution < 1.29 is 14.3 Å². The average Bonchev–Trinajstić information content (AvgIpc) is 3.19. The van der Waals surface area contributed by atoms with E-state index < -0.39 is 0 Å². The number of hydrogen-bond acceptors (Lipinski definition) is 5. The van der Waals surface area contributed by atoms with Crippen LogP contribution in [0, 0.1) is 0 Å². The van der Waals surface area contributed by atoms with Crippen molar-refractivity contribution in [2.75, 3.05) is 25.6 Å². The lowest BCUT2D eigenvalue weighted by atomic mass is 10.1. The van der Waals surface area contributed by atoms with Gasteiger partial charge in [-0.15, -0.1) is 0 Å². The van der Waals surface area contributed by atoms with Crippen LogP contribution in [0.2, 0.25) is 0 Å². The van der Waals surface area contributed by atoms with Crippen molar-refractivity contribution >= 4 is 28.5 Å². The van der Waals surface area contributed by atoms with Gasteiger partial charge in [-0.2, -0.15) is 0 Å². The van der Waals surface area contributed by atoms with Crippen LogP contribution >= 0.6 is 11.3 Å². The van der Waals surface area contributed by atoms with Crippen molar-refractivity contribution in [2.24, 2.45) is 0 Å². The highest BCUT2D eigenvalue weighted by atomic mass is 32.1. The number of rotatable bonds is 9. The molecule has 6 nitrogen and oxygen atoms in total. The number of aryl methyl sites for hydroxylation is 1. The Morgan fingerprint density at radius 2 is 1.96 bits per heavy atom. The van der Waals surface area contributed by atoms with Crippen LogP contribution in [0.4, 0.5) is 9.93 Å². The molecule has 2 aromatic rings. The predicted octanol–water partition coefficient (Wildman–Crippen LogP) is 4.25. The second-order valence-electron chi connectivity index (χ2n) is 6.28. The summed E-state index contributed by atoms with van der Waals surface area (Å²) in [6.45, 7) is 2.82. The Labute approximate surface area is 164 Å². The molecule has 0 unspecified atom stereocenters. The molecule has 0 saturated heterocycles. The Balaban J connectivity index is 1.94. The molecule has 27 heavy (non-hydrogen) atoms. The van der Waals surface area contributed by atoms with Crippen molar-refractivity contribution in [3.8, 4) is 10.4 Å². The summed E-state index contributed by atoms with van der Waals surface area (Å²) in [4.78, 5) is 30.3. The normalized spacial score (nSPS) is 10.5. The Morgan fingerprint density at radius 3 is 2.63 bits per heavy atom. The molecule has 1 aromatic heterocycles. The van der Waals surface area contributed by atoms with E-state index in [0.717, 1.165) is 35.3 Å². The molecule has 0 spiro atoms. The van der Waals surface area contributed by atoms with Gasteiger partial charge in [-0.05, 0) is 24.0 Å². The summed E-state index contributed by atoms with van der Waals surface area (Å²) in [6.07, 6.45) is 6.04. The van der Waals surface area contributed by atoms with Gasteiger partial charge < -0.3 is 10.1 Å². The smallest absolute Gasteiger partial charge is 0.323 e. The molecule has 0 radical (unpaired) electrons. The minimum absolute atomic E-state index is 0.134. The van der Waals surface area contributed by atoms with Crippen LogP contribution in [-0.2, 0) is 16.0 Å². The third-order valence-electron chi connectivity index (χ3n) is 4.23. The maximum Gasteiger partial charge on any atom is 0.323 e. The Kier molecular flexibility index (Phi) is 8.26. The highest BCUT2D eigenvalue weighted by Gasteiger charge is 2.14. The fourth-order valence-electron chi connectivity index (χ4n) is 2.51. The lowest BCUT2D eigenvalue weighted by Gasteiger charge is -2.14. The fourth-order valence-corrected chi connectivity index (χ4v) is 3.39. The van der Waals surface area contributed by atoms with Crippen LogP contribution in [0.1, 0.15) is 38.2 Å². The zero-order valence-corrected chi connectivity index (χ0v) is 17.0. The second-order valence-corrected chi connectivity index (χ2v) is 7.29. The van der Waals surface area contributed by atoms with E-state index in [2.05, 4.69) is 22.0 Å². The van der Waals surface area contributed by atoms with Crippen molar-refractivity contribution in [1.29, 1.82) is 0 Å². The summed E-state index contributed by atoms with van der Waals surface area (Å²) in [5.74, 6) is -0.206. The zero-order chi connectivity index (χ0) is 19.6. The van der Waals surface area contributed by atoms with E-state index in [9.17, 15) is 9.59 Å². The lowest BCUT2D eigenvalue weighted by molar-refractivity contribution is -0.140. The largest absolute Gasteiger partial charge is 0.469 e. The molecule has 0 atom stereocenters. The summed E-state index contributed by atoms with van der Waals surface area (Å²) >= 11 is 1.47. The second kappa shape index (κ2) is 10.7. The lowest BCUT2D eigenvalue weighted by Crippen LogP contribution is -2.37. The number of esters is 1. The van der Waals surface area contributed by atoms with E-state index in [1.54, 1.807) is 18.1 Å². The monoisotopic (exact) mass is 389 g/mol. The highest BCUT2D eigenvalue weighted by molar-refractivity contribution is 7.19. The Morgan fingerprint density at radius 1 is 1.22 bits per heavy atom. The molecule has 146 valence electrons. The van der Waals surface area contributed by atoms with Crippen molar-refractivity contribution in [1.82, 2.24) is 10.3 Å². The SMILES string of the molecule is CCCCCNC(=O)N(C)c1ncc(-c2ccc(CCC(=O)OC)cc2)s1. The number of carbonyl (C=O) groups is 2. The van der Waals surface area contributed by atoms with E-state index in [1.165, 1.54) is 18.4 Å². The first-order valence-electron chi connectivity index (χ1n) is 9.18.